The van der Waals surface area contributed by atoms with Gasteiger partial charge < -0.3 is 15.8 Å². The molecule has 100 valence electrons. The summed E-state index contributed by atoms with van der Waals surface area (Å²) >= 11 is 1.51. The molecule has 4 nitrogen and oxygen atoms in total. The Kier molecular flexibility index (Phi) is 7.29. The monoisotopic (exact) mass is 268 g/mol. The van der Waals surface area contributed by atoms with Gasteiger partial charge in [0.15, 0.2) is 0 Å². The van der Waals surface area contributed by atoms with Crippen LogP contribution in [0.1, 0.15) is 13.3 Å². The molecule has 0 radical (unpaired) electrons. The maximum Gasteiger partial charge on any atom is 0.230 e. The molecule has 0 saturated carbocycles. The second-order valence-corrected chi connectivity index (χ2v) is 4.73. The third-order valence-corrected chi connectivity index (χ3v) is 3.22. The van der Waals surface area contributed by atoms with Crippen LogP contribution in [0.3, 0.4) is 0 Å². The molecule has 0 aromatic heterocycles. The van der Waals surface area contributed by atoms with E-state index in [4.69, 9.17) is 10.5 Å². The average Bonchev–Trinajstić information content (AvgIpc) is 2.39. The van der Waals surface area contributed by atoms with E-state index in [0.717, 1.165) is 17.1 Å². The normalized spacial score (nSPS) is 10.1. The van der Waals surface area contributed by atoms with E-state index in [1.807, 2.05) is 31.2 Å². The summed E-state index contributed by atoms with van der Waals surface area (Å²) in [7, 11) is 0. The maximum atomic E-state index is 11.5. The van der Waals surface area contributed by atoms with Crippen molar-refractivity contribution in [1.82, 2.24) is 5.32 Å². The third kappa shape index (κ3) is 5.93. The molecule has 0 spiro atoms. The van der Waals surface area contributed by atoms with Crippen LogP contribution in [0.5, 0.6) is 5.75 Å². The van der Waals surface area contributed by atoms with Gasteiger partial charge >= 0.3 is 0 Å². The van der Waals surface area contributed by atoms with Gasteiger partial charge in [-0.1, -0.05) is 0 Å². The van der Waals surface area contributed by atoms with Crippen molar-refractivity contribution in [3.63, 3.8) is 0 Å². The minimum Gasteiger partial charge on any atom is -0.494 e. The van der Waals surface area contributed by atoms with Gasteiger partial charge in [-0.15, -0.1) is 11.8 Å². The molecule has 0 bridgehead atoms. The molecule has 5 heteroatoms. The number of amides is 1. The number of carbonyl (C=O) groups excluding carboxylic acids is 1. The third-order valence-electron chi connectivity index (χ3n) is 2.21. The van der Waals surface area contributed by atoms with E-state index in [9.17, 15) is 4.79 Å². The van der Waals surface area contributed by atoms with Gasteiger partial charge in [0, 0.05) is 11.4 Å². The van der Waals surface area contributed by atoms with Gasteiger partial charge in [-0.25, -0.2) is 0 Å². The summed E-state index contributed by atoms with van der Waals surface area (Å²) in [6.07, 6.45) is 0.819. The topological polar surface area (TPSA) is 64.3 Å². The lowest BCUT2D eigenvalue weighted by molar-refractivity contribution is -0.118. The second kappa shape index (κ2) is 8.83. The zero-order valence-corrected chi connectivity index (χ0v) is 11.5. The van der Waals surface area contributed by atoms with Gasteiger partial charge in [-0.2, -0.15) is 0 Å². The molecule has 0 atom stereocenters. The Morgan fingerprint density at radius 1 is 1.39 bits per heavy atom. The SMILES string of the molecule is CCOc1ccc(SCC(=O)NCCCN)cc1. The molecule has 1 aromatic rings. The molecule has 18 heavy (non-hydrogen) atoms. The zero-order valence-electron chi connectivity index (χ0n) is 10.6. The van der Waals surface area contributed by atoms with Gasteiger partial charge in [0.25, 0.3) is 0 Å². The van der Waals surface area contributed by atoms with Crippen LogP contribution in [0.4, 0.5) is 0 Å². The minimum atomic E-state index is 0.0438. The molecular formula is C13H20N2O2S. The van der Waals surface area contributed by atoms with Crippen molar-refractivity contribution in [3.05, 3.63) is 24.3 Å². The first-order chi connectivity index (χ1) is 8.76. The molecule has 0 aliphatic heterocycles. The number of benzene rings is 1. The second-order valence-electron chi connectivity index (χ2n) is 3.69. The Hall–Kier alpha value is -1.20. The highest BCUT2D eigenvalue weighted by molar-refractivity contribution is 8.00. The van der Waals surface area contributed by atoms with Crippen LogP contribution < -0.4 is 15.8 Å². The molecule has 0 unspecified atom stereocenters. The highest BCUT2D eigenvalue weighted by Gasteiger charge is 2.02. The fraction of sp³-hybridized carbons (Fsp3) is 0.462. The van der Waals surface area contributed by atoms with Crippen LogP contribution in [-0.2, 0) is 4.79 Å². The Balaban J connectivity index is 2.27. The summed E-state index contributed by atoms with van der Waals surface area (Å²) in [6.45, 7) is 3.87. The first-order valence-electron chi connectivity index (χ1n) is 6.08. The fourth-order valence-corrected chi connectivity index (χ4v) is 2.06. The molecular weight excluding hydrogens is 248 g/mol. The van der Waals surface area contributed by atoms with Crippen molar-refractivity contribution in [1.29, 1.82) is 0 Å². The summed E-state index contributed by atoms with van der Waals surface area (Å²) in [6, 6.07) is 7.75. The van der Waals surface area contributed by atoms with Crippen molar-refractivity contribution >= 4 is 17.7 Å². The standard InChI is InChI=1S/C13H20N2O2S/c1-2-17-11-4-6-12(7-5-11)18-10-13(16)15-9-3-8-14/h4-7H,2-3,8-10,14H2,1H3,(H,15,16). The van der Waals surface area contributed by atoms with Crippen LogP contribution >= 0.6 is 11.8 Å². The van der Waals surface area contributed by atoms with Gasteiger partial charge in [-0.05, 0) is 44.2 Å². The van der Waals surface area contributed by atoms with E-state index in [2.05, 4.69) is 5.32 Å². The molecule has 0 aliphatic carbocycles. The number of hydrogen-bond acceptors (Lipinski definition) is 4. The number of hydrogen-bond donors (Lipinski definition) is 2. The van der Waals surface area contributed by atoms with E-state index in [1.54, 1.807) is 0 Å². The Labute approximate surface area is 112 Å². The molecule has 0 fully saturated rings. The molecule has 1 rings (SSSR count). The molecule has 0 saturated heterocycles. The van der Waals surface area contributed by atoms with Crippen LogP contribution in [0.25, 0.3) is 0 Å². The van der Waals surface area contributed by atoms with Crippen molar-refractivity contribution in [2.75, 3.05) is 25.4 Å². The molecule has 0 heterocycles. The van der Waals surface area contributed by atoms with E-state index in [1.165, 1.54) is 11.8 Å². The summed E-state index contributed by atoms with van der Waals surface area (Å²) < 4.78 is 5.35. The van der Waals surface area contributed by atoms with Crippen molar-refractivity contribution < 1.29 is 9.53 Å². The first-order valence-corrected chi connectivity index (χ1v) is 7.07. The minimum absolute atomic E-state index is 0.0438. The molecule has 1 aromatic carbocycles. The maximum absolute atomic E-state index is 11.5. The zero-order chi connectivity index (χ0) is 13.2. The lowest BCUT2D eigenvalue weighted by Crippen LogP contribution is -2.27. The first kappa shape index (κ1) is 14.9. The van der Waals surface area contributed by atoms with Crippen LogP contribution in [-0.4, -0.2) is 31.4 Å². The van der Waals surface area contributed by atoms with Crippen molar-refractivity contribution in [2.45, 2.75) is 18.2 Å². The number of nitrogens with two attached hydrogens (primary N) is 1. The van der Waals surface area contributed by atoms with E-state index in [-0.39, 0.29) is 5.91 Å². The summed E-state index contributed by atoms with van der Waals surface area (Å²) in [5.41, 5.74) is 5.35. The summed E-state index contributed by atoms with van der Waals surface area (Å²) in [5.74, 6) is 1.33. The van der Waals surface area contributed by atoms with Crippen molar-refractivity contribution in [2.24, 2.45) is 5.73 Å². The van der Waals surface area contributed by atoms with E-state index in [0.29, 0.717) is 25.4 Å². The number of carbonyl (C=O) groups is 1. The van der Waals surface area contributed by atoms with Crippen molar-refractivity contribution in [3.8, 4) is 5.75 Å². The van der Waals surface area contributed by atoms with E-state index >= 15 is 0 Å². The fourth-order valence-electron chi connectivity index (χ4n) is 1.33. The Morgan fingerprint density at radius 3 is 2.72 bits per heavy atom. The van der Waals surface area contributed by atoms with Crippen LogP contribution in [0, 0.1) is 0 Å². The number of thioether (sulfide) groups is 1. The van der Waals surface area contributed by atoms with Gasteiger partial charge in [0.2, 0.25) is 5.91 Å². The molecule has 1 amide bonds. The van der Waals surface area contributed by atoms with Crippen LogP contribution in [0.2, 0.25) is 0 Å². The Morgan fingerprint density at radius 2 is 2.11 bits per heavy atom. The highest BCUT2D eigenvalue weighted by Crippen LogP contribution is 2.21. The number of rotatable bonds is 8. The summed E-state index contributed by atoms with van der Waals surface area (Å²) in [4.78, 5) is 12.5. The lowest BCUT2D eigenvalue weighted by atomic mass is 10.3. The quantitative estimate of drug-likeness (QED) is 0.556. The smallest absolute Gasteiger partial charge is 0.230 e. The van der Waals surface area contributed by atoms with Gasteiger partial charge in [0.05, 0.1) is 12.4 Å². The predicted molar refractivity (Wildman–Crippen MR) is 75.0 cm³/mol. The largest absolute Gasteiger partial charge is 0.494 e. The Bertz CT molecular complexity index is 355. The number of ether oxygens (including phenoxy) is 1. The molecule has 3 N–H and O–H groups in total. The van der Waals surface area contributed by atoms with Gasteiger partial charge in [0.1, 0.15) is 5.75 Å². The summed E-state index contributed by atoms with van der Waals surface area (Å²) in [5, 5.41) is 2.82. The lowest BCUT2D eigenvalue weighted by Gasteiger charge is -2.05. The average molecular weight is 268 g/mol. The predicted octanol–water partition coefficient (Wildman–Crippen LogP) is 1.64. The van der Waals surface area contributed by atoms with E-state index < -0.39 is 0 Å². The van der Waals surface area contributed by atoms with Gasteiger partial charge in [-0.3, -0.25) is 4.79 Å². The highest BCUT2D eigenvalue weighted by atomic mass is 32.2. The number of nitrogens with one attached hydrogen (secondary N) is 1. The molecule has 0 aliphatic rings. The van der Waals surface area contributed by atoms with Crippen LogP contribution in [0.15, 0.2) is 29.2 Å².